The predicted octanol–water partition coefficient (Wildman–Crippen LogP) is -3.12. The molecule has 5 heterocycles. The Balaban J connectivity index is 1.17. The van der Waals surface area contributed by atoms with Crippen LogP contribution in [-0.2, 0) is 25.7 Å². The van der Waals surface area contributed by atoms with Crippen LogP contribution in [0.15, 0.2) is 16.9 Å². The lowest BCUT2D eigenvalue weighted by Gasteiger charge is -2.47. The molecule has 0 aliphatic carbocycles. The van der Waals surface area contributed by atoms with Crippen molar-refractivity contribution in [3.8, 4) is 0 Å². The standard InChI is InChI=1S/C25H38N10O6S/c1-13-20-19(14(2)29-18(37)11-34-12-28-30-31-34)24(39)35(20)21(25(40)41)22(13)42-16-7-17(27-9-16)23(38)33-5-3-32(4-6-33)10-15(36)8-26/h12-17,19-20,27,36H,3-11,26H2,1-2H3,(H,29,37)(H,40,41)/t13-,14-,15+,16+,17+,19-,20?/m1/s1. The lowest BCUT2D eigenvalue weighted by Crippen LogP contribution is -2.66. The normalized spacial score (nSPS) is 29.3. The van der Waals surface area contributed by atoms with Crippen molar-refractivity contribution in [2.75, 3.05) is 45.8 Å². The Labute approximate surface area is 247 Å². The minimum atomic E-state index is -1.16. The number of nitrogens with zero attached hydrogens (tertiary/aromatic N) is 7. The maximum atomic E-state index is 13.2. The molecule has 0 saturated carbocycles. The molecule has 3 fully saturated rings. The zero-order valence-electron chi connectivity index (χ0n) is 23.6. The van der Waals surface area contributed by atoms with Crippen LogP contribution in [0.5, 0.6) is 0 Å². The molecule has 230 valence electrons. The molecule has 16 nitrogen and oxygen atoms in total. The van der Waals surface area contributed by atoms with Crippen LogP contribution >= 0.6 is 11.8 Å². The van der Waals surface area contributed by atoms with E-state index in [1.807, 2.05) is 11.8 Å². The number of β-amino-alcohol motifs (C(OH)–C–C–N with tert-alkyl or cyclic N) is 1. The van der Waals surface area contributed by atoms with E-state index in [-0.39, 0.29) is 59.8 Å². The van der Waals surface area contributed by atoms with Gasteiger partial charge in [-0.2, -0.15) is 0 Å². The number of rotatable bonds is 11. The predicted molar refractivity (Wildman–Crippen MR) is 149 cm³/mol. The third-order valence-corrected chi connectivity index (χ3v) is 10.0. The van der Waals surface area contributed by atoms with Gasteiger partial charge < -0.3 is 36.4 Å². The number of aliphatic hydroxyl groups is 1. The number of tetrazole rings is 1. The summed E-state index contributed by atoms with van der Waals surface area (Å²) in [5.74, 6) is -2.62. The number of hydrogen-bond acceptors (Lipinski definition) is 12. The first-order valence-electron chi connectivity index (χ1n) is 14.2. The van der Waals surface area contributed by atoms with Crippen LogP contribution in [0.2, 0.25) is 0 Å². The van der Waals surface area contributed by atoms with Gasteiger partial charge in [-0.15, -0.1) is 16.9 Å². The number of thioether (sulfide) groups is 1. The Bertz CT molecular complexity index is 1220. The molecule has 0 radical (unpaired) electrons. The number of piperazine rings is 1. The van der Waals surface area contributed by atoms with E-state index in [1.165, 1.54) is 27.7 Å². The van der Waals surface area contributed by atoms with Crippen molar-refractivity contribution in [2.45, 2.75) is 56.3 Å². The van der Waals surface area contributed by atoms with Gasteiger partial charge >= 0.3 is 5.97 Å². The second kappa shape index (κ2) is 12.6. The van der Waals surface area contributed by atoms with Gasteiger partial charge in [-0.05, 0) is 23.8 Å². The van der Waals surface area contributed by atoms with E-state index in [9.17, 15) is 29.4 Å². The summed E-state index contributed by atoms with van der Waals surface area (Å²) < 4.78 is 1.27. The fraction of sp³-hybridized carbons (Fsp3) is 0.720. The zero-order chi connectivity index (χ0) is 30.1. The molecule has 17 heteroatoms. The van der Waals surface area contributed by atoms with Crippen molar-refractivity contribution in [1.29, 1.82) is 0 Å². The molecule has 3 saturated heterocycles. The summed E-state index contributed by atoms with van der Waals surface area (Å²) in [5.41, 5.74) is 5.50. The van der Waals surface area contributed by atoms with Crippen LogP contribution in [0.4, 0.5) is 0 Å². The lowest BCUT2D eigenvalue weighted by atomic mass is 9.78. The molecule has 4 aliphatic heterocycles. The highest BCUT2D eigenvalue weighted by Crippen LogP contribution is 2.51. The molecule has 6 N–H and O–H groups in total. The number of hydrogen-bond donors (Lipinski definition) is 5. The summed E-state index contributed by atoms with van der Waals surface area (Å²) >= 11 is 1.43. The first-order valence-corrected chi connectivity index (χ1v) is 15.1. The van der Waals surface area contributed by atoms with Crippen LogP contribution in [0.3, 0.4) is 0 Å². The summed E-state index contributed by atoms with van der Waals surface area (Å²) in [6.45, 7) is 7.28. The third kappa shape index (κ3) is 6.01. The van der Waals surface area contributed by atoms with Crippen LogP contribution in [0.25, 0.3) is 0 Å². The molecular weight excluding hydrogens is 568 g/mol. The Morgan fingerprint density at radius 1 is 1.26 bits per heavy atom. The second-order valence-corrected chi connectivity index (χ2v) is 12.7. The maximum absolute atomic E-state index is 13.2. The number of fused-ring (bicyclic) bond motifs is 1. The molecular formula is C25H38N10O6S. The molecule has 1 aromatic rings. The highest BCUT2D eigenvalue weighted by molar-refractivity contribution is 8.03. The largest absolute Gasteiger partial charge is 0.477 e. The van der Waals surface area contributed by atoms with E-state index < -0.39 is 24.0 Å². The van der Waals surface area contributed by atoms with Gasteiger partial charge in [-0.25, -0.2) is 9.48 Å². The zero-order valence-corrected chi connectivity index (χ0v) is 24.4. The van der Waals surface area contributed by atoms with Crippen molar-refractivity contribution in [2.24, 2.45) is 17.6 Å². The number of amides is 3. The van der Waals surface area contributed by atoms with E-state index in [1.54, 1.807) is 6.92 Å². The minimum Gasteiger partial charge on any atom is -0.477 e. The number of carbonyl (C=O) groups is 4. The van der Waals surface area contributed by atoms with Gasteiger partial charge in [0.25, 0.3) is 0 Å². The van der Waals surface area contributed by atoms with E-state index >= 15 is 0 Å². The number of nitrogens with one attached hydrogen (secondary N) is 2. The lowest BCUT2D eigenvalue weighted by molar-refractivity contribution is -0.158. The monoisotopic (exact) mass is 606 g/mol. The molecule has 0 bridgehead atoms. The number of aliphatic carboxylic acids is 1. The highest BCUT2D eigenvalue weighted by atomic mass is 32.2. The highest BCUT2D eigenvalue weighted by Gasteiger charge is 2.60. The van der Waals surface area contributed by atoms with Crippen LogP contribution in [-0.4, -0.2) is 144 Å². The SMILES string of the molecule is C[C@H]1C(S[C@@H]2CN[C@H](C(=O)N3CCN(C[C@@H](O)CN)CC3)C2)=C(C(=O)O)N2C(=O)[C@H]([C@@H](C)NC(=O)Cn3cnnn3)C12. The fourth-order valence-corrected chi connectivity index (χ4v) is 7.87. The summed E-state index contributed by atoms with van der Waals surface area (Å²) in [5, 5.41) is 36.6. The Morgan fingerprint density at radius 2 is 2.00 bits per heavy atom. The number of nitrogens with two attached hydrogens (primary N) is 1. The third-order valence-electron chi connectivity index (χ3n) is 8.52. The molecule has 42 heavy (non-hydrogen) atoms. The van der Waals surface area contributed by atoms with Crippen molar-refractivity contribution >= 4 is 35.5 Å². The topological polar surface area (TPSA) is 212 Å². The van der Waals surface area contributed by atoms with E-state index in [0.717, 1.165) is 0 Å². The molecule has 1 aromatic heterocycles. The Kier molecular flexibility index (Phi) is 9.12. The van der Waals surface area contributed by atoms with Crippen molar-refractivity contribution in [3.63, 3.8) is 0 Å². The van der Waals surface area contributed by atoms with Gasteiger partial charge in [0.1, 0.15) is 18.6 Å². The fourth-order valence-electron chi connectivity index (χ4n) is 6.39. The number of carbonyl (C=O) groups excluding carboxylic acids is 3. The van der Waals surface area contributed by atoms with E-state index in [0.29, 0.717) is 50.6 Å². The van der Waals surface area contributed by atoms with Crippen LogP contribution in [0.1, 0.15) is 20.3 Å². The van der Waals surface area contributed by atoms with Crippen molar-refractivity contribution in [3.05, 3.63) is 16.9 Å². The molecule has 5 rings (SSSR count). The summed E-state index contributed by atoms with van der Waals surface area (Å²) in [4.78, 5) is 57.1. The quantitative estimate of drug-likeness (QED) is 0.158. The first kappa shape index (κ1) is 30.3. The molecule has 7 atom stereocenters. The van der Waals surface area contributed by atoms with Crippen molar-refractivity contribution in [1.82, 2.24) is 45.5 Å². The first-order chi connectivity index (χ1) is 20.1. The summed E-state index contributed by atoms with van der Waals surface area (Å²) in [6.07, 6.45) is 1.29. The average molecular weight is 607 g/mol. The smallest absolute Gasteiger partial charge is 0.353 e. The van der Waals surface area contributed by atoms with E-state index in [2.05, 4.69) is 31.1 Å². The van der Waals surface area contributed by atoms with Crippen LogP contribution in [0, 0.1) is 11.8 Å². The van der Waals surface area contributed by atoms with Crippen molar-refractivity contribution < 1.29 is 29.4 Å². The average Bonchev–Trinajstić information content (AvgIpc) is 3.69. The van der Waals surface area contributed by atoms with Crippen LogP contribution < -0.4 is 16.4 Å². The summed E-state index contributed by atoms with van der Waals surface area (Å²) in [6, 6.07) is -1.26. The minimum absolute atomic E-state index is 0.00321. The number of carboxylic acids is 1. The number of β-lactam (4-membered cyclic amide) rings is 1. The number of aliphatic hydroxyl groups excluding tert-OH is 1. The van der Waals surface area contributed by atoms with Gasteiger partial charge in [0.05, 0.1) is 24.1 Å². The molecule has 0 spiro atoms. The van der Waals surface area contributed by atoms with Gasteiger partial charge in [-0.3, -0.25) is 19.3 Å². The maximum Gasteiger partial charge on any atom is 0.353 e. The van der Waals surface area contributed by atoms with Gasteiger partial charge in [0.15, 0.2) is 0 Å². The van der Waals surface area contributed by atoms with E-state index in [4.69, 9.17) is 5.73 Å². The summed E-state index contributed by atoms with van der Waals surface area (Å²) in [7, 11) is 0. The molecule has 4 aliphatic rings. The molecule has 1 unspecified atom stereocenters. The number of carboxylic acid groups (broad SMARTS) is 1. The molecule has 3 amide bonds. The Morgan fingerprint density at radius 3 is 2.64 bits per heavy atom. The molecule has 0 aromatic carbocycles. The number of aromatic nitrogens is 4. The van der Waals surface area contributed by atoms with Gasteiger partial charge in [0, 0.05) is 67.9 Å². The van der Waals surface area contributed by atoms with Gasteiger partial charge in [0.2, 0.25) is 17.7 Å². The second-order valence-electron chi connectivity index (χ2n) is 11.3. The van der Waals surface area contributed by atoms with Gasteiger partial charge in [-0.1, -0.05) is 6.92 Å². The Hall–Kier alpha value is -3.12.